The first-order valence-electron chi connectivity index (χ1n) is 5.62. The van der Waals surface area contributed by atoms with Crippen LogP contribution < -0.4 is 5.14 Å². The zero-order chi connectivity index (χ0) is 12.9. The molecule has 0 amide bonds. The van der Waals surface area contributed by atoms with E-state index in [4.69, 9.17) is 5.14 Å². The van der Waals surface area contributed by atoms with Crippen molar-refractivity contribution in [2.45, 2.75) is 32.4 Å². The van der Waals surface area contributed by atoms with Gasteiger partial charge in [-0.15, -0.1) is 0 Å². The van der Waals surface area contributed by atoms with E-state index >= 15 is 0 Å². The fourth-order valence-electron chi connectivity index (χ4n) is 1.24. The maximum absolute atomic E-state index is 5.22. The highest BCUT2D eigenvalue weighted by atomic mass is 32.2. The SMILES string of the molecule is CC(C)(C)SN.Cc1ccnc2ccccc12. The van der Waals surface area contributed by atoms with E-state index in [0.717, 1.165) is 5.52 Å². The van der Waals surface area contributed by atoms with Crippen molar-refractivity contribution in [1.82, 2.24) is 4.98 Å². The third-order valence-corrected chi connectivity index (χ3v) is 2.93. The van der Waals surface area contributed by atoms with Gasteiger partial charge in [0.05, 0.1) is 5.52 Å². The quantitative estimate of drug-likeness (QED) is 0.718. The molecule has 0 unspecified atom stereocenters. The fourth-order valence-corrected chi connectivity index (χ4v) is 1.24. The number of benzene rings is 1. The van der Waals surface area contributed by atoms with E-state index in [-0.39, 0.29) is 4.75 Å². The summed E-state index contributed by atoms with van der Waals surface area (Å²) in [6, 6.07) is 10.2. The summed E-state index contributed by atoms with van der Waals surface area (Å²) in [5.74, 6) is 0. The number of hydrogen-bond donors (Lipinski definition) is 1. The summed E-state index contributed by atoms with van der Waals surface area (Å²) in [5.41, 5.74) is 2.36. The monoisotopic (exact) mass is 248 g/mol. The van der Waals surface area contributed by atoms with Gasteiger partial charge in [0.25, 0.3) is 0 Å². The molecule has 0 bridgehead atoms. The zero-order valence-corrected chi connectivity index (χ0v) is 11.7. The summed E-state index contributed by atoms with van der Waals surface area (Å²) < 4.78 is 0.236. The first-order valence-corrected chi connectivity index (χ1v) is 6.50. The molecular weight excluding hydrogens is 228 g/mol. The van der Waals surface area contributed by atoms with Crippen molar-refractivity contribution in [3.8, 4) is 0 Å². The molecule has 1 aromatic carbocycles. The van der Waals surface area contributed by atoms with Crippen LogP contribution in [0.1, 0.15) is 26.3 Å². The smallest absolute Gasteiger partial charge is 0.0704 e. The molecule has 0 atom stereocenters. The Hall–Kier alpha value is -1.06. The van der Waals surface area contributed by atoms with Crippen LogP contribution in [-0.4, -0.2) is 9.73 Å². The Bertz CT molecular complexity index is 470. The maximum atomic E-state index is 5.22. The van der Waals surface area contributed by atoms with Crippen LogP contribution in [0.25, 0.3) is 10.9 Å². The van der Waals surface area contributed by atoms with E-state index in [1.165, 1.54) is 22.9 Å². The largest absolute Gasteiger partial charge is 0.277 e. The number of nitrogens with zero attached hydrogens (tertiary/aromatic N) is 1. The Morgan fingerprint density at radius 1 is 1.12 bits per heavy atom. The minimum atomic E-state index is 0.236. The number of hydrogen-bond acceptors (Lipinski definition) is 3. The highest BCUT2D eigenvalue weighted by Gasteiger charge is 2.05. The Balaban J connectivity index is 0.000000209. The van der Waals surface area contributed by atoms with E-state index in [9.17, 15) is 0 Å². The highest BCUT2D eigenvalue weighted by Crippen LogP contribution is 2.15. The first-order chi connectivity index (χ1) is 7.94. The van der Waals surface area contributed by atoms with Gasteiger partial charge >= 0.3 is 0 Å². The van der Waals surface area contributed by atoms with Crippen LogP contribution in [0, 0.1) is 6.92 Å². The summed E-state index contributed by atoms with van der Waals surface area (Å²) in [6.07, 6.45) is 1.84. The average molecular weight is 248 g/mol. The Labute approximate surface area is 108 Å². The average Bonchev–Trinajstić information content (AvgIpc) is 2.30. The Kier molecular flexibility index (Phi) is 4.97. The lowest BCUT2D eigenvalue weighted by Crippen LogP contribution is -2.09. The molecule has 17 heavy (non-hydrogen) atoms. The van der Waals surface area contributed by atoms with Crippen molar-refractivity contribution in [1.29, 1.82) is 0 Å². The molecule has 1 heterocycles. The lowest BCUT2D eigenvalue weighted by Gasteiger charge is -2.11. The van der Waals surface area contributed by atoms with Crippen LogP contribution in [-0.2, 0) is 0 Å². The molecule has 2 nitrogen and oxygen atoms in total. The van der Waals surface area contributed by atoms with E-state index in [1.807, 2.05) is 30.5 Å². The molecule has 2 rings (SSSR count). The van der Waals surface area contributed by atoms with Crippen LogP contribution in [0.5, 0.6) is 0 Å². The van der Waals surface area contributed by atoms with Gasteiger partial charge in [-0.3, -0.25) is 10.1 Å². The number of pyridine rings is 1. The topological polar surface area (TPSA) is 38.9 Å². The van der Waals surface area contributed by atoms with Gasteiger partial charge in [-0.05, 0) is 45.4 Å². The second kappa shape index (κ2) is 6.03. The third-order valence-electron chi connectivity index (χ3n) is 2.22. The van der Waals surface area contributed by atoms with Gasteiger partial charge in [0.1, 0.15) is 0 Å². The van der Waals surface area contributed by atoms with E-state index in [0.29, 0.717) is 0 Å². The summed E-state index contributed by atoms with van der Waals surface area (Å²) in [7, 11) is 0. The Morgan fingerprint density at radius 2 is 1.71 bits per heavy atom. The molecule has 3 heteroatoms. The van der Waals surface area contributed by atoms with E-state index in [2.05, 4.69) is 38.7 Å². The molecule has 2 aromatic rings. The second-order valence-corrected chi connectivity index (χ2v) is 6.34. The normalized spacial score (nSPS) is 10.9. The molecule has 1 aromatic heterocycles. The van der Waals surface area contributed by atoms with Gasteiger partial charge in [0, 0.05) is 16.3 Å². The maximum Gasteiger partial charge on any atom is 0.0704 e. The molecule has 0 fully saturated rings. The molecule has 0 radical (unpaired) electrons. The molecule has 0 aliphatic rings. The van der Waals surface area contributed by atoms with Gasteiger partial charge < -0.3 is 0 Å². The van der Waals surface area contributed by atoms with Gasteiger partial charge in [0.2, 0.25) is 0 Å². The van der Waals surface area contributed by atoms with Crippen LogP contribution >= 0.6 is 11.9 Å². The van der Waals surface area contributed by atoms with E-state index in [1.54, 1.807) is 0 Å². The number of aryl methyl sites for hydroxylation is 1. The van der Waals surface area contributed by atoms with Gasteiger partial charge in [0.15, 0.2) is 0 Å². The van der Waals surface area contributed by atoms with Crippen molar-refractivity contribution in [2.75, 3.05) is 0 Å². The number of rotatable bonds is 0. The summed E-state index contributed by atoms with van der Waals surface area (Å²) in [4.78, 5) is 4.24. The van der Waals surface area contributed by atoms with Crippen LogP contribution in [0.3, 0.4) is 0 Å². The summed E-state index contributed by atoms with van der Waals surface area (Å²) in [5, 5.41) is 6.47. The van der Waals surface area contributed by atoms with E-state index < -0.39 is 0 Å². The zero-order valence-electron chi connectivity index (χ0n) is 10.9. The second-order valence-electron chi connectivity index (χ2n) is 4.88. The van der Waals surface area contributed by atoms with Gasteiger partial charge in [-0.25, -0.2) is 0 Å². The number of aromatic nitrogens is 1. The number of fused-ring (bicyclic) bond motifs is 1. The molecule has 2 N–H and O–H groups in total. The van der Waals surface area contributed by atoms with Crippen molar-refractivity contribution in [3.05, 3.63) is 42.1 Å². The molecule has 0 saturated heterocycles. The van der Waals surface area contributed by atoms with Gasteiger partial charge in [-0.1, -0.05) is 30.1 Å². The lowest BCUT2D eigenvalue weighted by molar-refractivity contribution is 0.804. The van der Waals surface area contributed by atoms with Crippen molar-refractivity contribution >= 4 is 22.9 Å². The molecule has 0 aliphatic heterocycles. The standard InChI is InChI=1S/C10H9N.C4H11NS/c1-8-6-7-11-10-5-3-2-4-9(8)10;1-4(2,3)6-5/h2-7H,1H3;5H2,1-3H3. The predicted molar refractivity (Wildman–Crippen MR) is 78.0 cm³/mol. The van der Waals surface area contributed by atoms with Crippen molar-refractivity contribution in [2.24, 2.45) is 5.14 Å². The molecule has 92 valence electrons. The Morgan fingerprint density at radius 3 is 2.24 bits per heavy atom. The number of nitrogens with two attached hydrogens (primary N) is 1. The molecule has 0 spiro atoms. The third kappa shape index (κ3) is 4.75. The van der Waals surface area contributed by atoms with Crippen LogP contribution in [0.15, 0.2) is 36.5 Å². The number of para-hydroxylation sites is 1. The molecular formula is C14H20N2S. The summed E-state index contributed by atoms with van der Waals surface area (Å²) >= 11 is 1.38. The van der Waals surface area contributed by atoms with Crippen molar-refractivity contribution in [3.63, 3.8) is 0 Å². The fraction of sp³-hybridized carbons (Fsp3) is 0.357. The van der Waals surface area contributed by atoms with Crippen LogP contribution in [0.2, 0.25) is 0 Å². The molecule has 0 saturated carbocycles. The highest BCUT2D eigenvalue weighted by molar-refractivity contribution is 7.98. The molecule has 0 aliphatic carbocycles. The first kappa shape index (κ1) is 14.0. The summed E-state index contributed by atoms with van der Waals surface area (Å²) in [6.45, 7) is 8.34. The minimum Gasteiger partial charge on any atom is -0.277 e. The lowest BCUT2D eigenvalue weighted by atomic mass is 10.1. The minimum absolute atomic E-state index is 0.236. The van der Waals surface area contributed by atoms with Gasteiger partial charge in [-0.2, -0.15) is 0 Å². The predicted octanol–water partition coefficient (Wildman–Crippen LogP) is 3.94. The van der Waals surface area contributed by atoms with Crippen molar-refractivity contribution < 1.29 is 0 Å². The van der Waals surface area contributed by atoms with Crippen LogP contribution in [0.4, 0.5) is 0 Å².